The van der Waals surface area contributed by atoms with E-state index in [1.165, 1.54) is 24.0 Å². The molecule has 0 saturated carbocycles. The Balaban J connectivity index is 2.69. The summed E-state index contributed by atoms with van der Waals surface area (Å²) in [6.07, 6.45) is 2.37. The van der Waals surface area contributed by atoms with E-state index in [-0.39, 0.29) is 10.8 Å². The van der Waals surface area contributed by atoms with Gasteiger partial charge in [-0.2, -0.15) is 0 Å². The summed E-state index contributed by atoms with van der Waals surface area (Å²) < 4.78 is 0. The van der Waals surface area contributed by atoms with Crippen LogP contribution in [0.25, 0.3) is 0 Å². The Morgan fingerprint density at radius 1 is 1.00 bits per heavy atom. The highest BCUT2D eigenvalue weighted by molar-refractivity contribution is 6.21. The van der Waals surface area contributed by atoms with Crippen molar-refractivity contribution < 1.29 is 0 Å². The summed E-state index contributed by atoms with van der Waals surface area (Å²) >= 11 is 6.60. The molecule has 0 amide bonds. The van der Waals surface area contributed by atoms with Crippen molar-refractivity contribution in [3.05, 3.63) is 35.4 Å². The molecule has 0 aromatic heterocycles. The van der Waals surface area contributed by atoms with Gasteiger partial charge < -0.3 is 4.90 Å². The SMILES string of the molecule is CCCN(CCC)CC(Cl)c1ccc(C(C)(C)C)cc1. The number of alkyl halides is 1. The third kappa shape index (κ3) is 5.46. The van der Waals surface area contributed by atoms with Crippen LogP contribution < -0.4 is 0 Å². The highest BCUT2D eigenvalue weighted by atomic mass is 35.5. The first-order valence-electron chi connectivity index (χ1n) is 7.85. The monoisotopic (exact) mass is 295 g/mol. The molecule has 114 valence electrons. The fourth-order valence-electron chi connectivity index (χ4n) is 2.45. The zero-order chi connectivity index (χ0) is 15.2. The molecule has 0 N–H and O–H groups in total. The molecule has 1 nitrogen and oxygen atoms in total. The largest absolute Gasteiger partial charge is 0.302 e. The van der Waals surface area contributed by atoms with Gasteiger partial charge in [-0.15, -0.1) is 11.6 Å². The lowest BCUT2D eigenvalue weighted by Crippen LogP contribution is -2.28. The quantitative estimate of drug-likeness (QED) is 0.610. The van der Waals surface area contributed by atoms with Crippen LogP contribution in [-0.4, -0.2) is 24.5 Å². The molecule has 0 spiro atoms. The molecule has 1 unspecified atom stereocenters. The van der Waals surface area contributed by atoms with E-state index in [1.807, 2.05) is 0 Å². The van der Waals surface area contributed by atoms with Crippen LogP contribution in [-0.2, 0) is 5.41 Å². The van der Waals surface area contributed by atoms with Crippen LogP contribution >= 0.6 is 11.6 Å². The molecule has 0 aliphatic heterocycles. The molecule has 1 aromatic rings. The minimum Gasteiger partial charge on any atom is -0.302 e. The van der Waals surface area contributed by atoms with Crippen LogP contribution in [0.2, 0.25) is 0 Å². The Hall–Kier alpha value is -0.530. The van der Waals surface area contributed by atoms with Gasteiger partial charge in [0.2, 0.25) is 0 Å². The van der Waals surface area contributed by atoms with Crippen LogP contribution in [0, 0.1) is 0 Å². The van der Waals surface area contributed by atoms with Crippen molar-refractivity contribution in [3.63, 3.8) is 0 Å². The number of hydrogen-bond acceptors (Lipinski definition) is 1. The minimum atomic E-state index is 0.0853. The summed E-state index contributed by atoms with van der Waals surface area (Å²) in [5.74, 6) is 0. The van der Waals surface area contributed by atoms with Gasteiger partial charge in [-0.05, 0) is 42.5 Å². The van der Waals surface area contributed by atoms with Crippen LogP contribution in [0.3, 0.4) is 0 Å². The first kappa shape index (κ1) is 17.5. The van der Waals surface area contributed by atoms with E-state index >= 15 is 0 Å². The highest BCUT2D eigenvalue weighted by Crippen LogP contribution is 2.26. The molecule has 1 aromatic carbocycles. The Labute approximate surface area is 130 Å². The van der Waals surface area contributed by atoms with Crippen LogP contribution in [0.15, 0.2) is 24.3 Å². The van der Waals surface area contributed by atoms with E-state index < -0.39 is 0 Å². The van der Waals surface area contributed by atoms with Gasteiger partial charge in [0, 0.05) is 6.54 Å². The predicted molar refractivity (Wildman–Crippen MR) is 90.8 cm³/mol. The van der Waals surface area contributed by atoms with Crippen molar-refractivity contribution in [3.8, 4) is 0 Å². The van der Waals surface area contributed by atoms with Gasteiger partial charge in [0.05, 0.1) is 5.38 Å². The number of halogens is 1. The molecule has 2 heteroatoms. The molecule has 0 saturated heterocycles. The van der Waals surface area contributed by atoms with Crippen molar-refractivity contribution in [2.45, 2.75) is 58.3 Å². The van der Waals surface area contributed by atoms with Crippen LogP contribution in [0.5, 0.6) is 0 Å². The summed E-state index contributed by atoms with van der Waals surface area (Å²) in [5, 5.41) is 0.0853. The third-order valence-electron chi connectivity index (χ3n) is 3.64. The summed E-state index contributed by atoms with van der Waals surface area (Å²) in [6.45, 7) is 14.4. The number of benzene rings is 1. The average Bonchev–Trinajstić information content (AvgIpc) is 2.38. The zero-order valence-corrected chi connectivity index (χ0v) is 14.5. The molecule has 1 rings (SSSR count). The van der Waals surface area contributed by atoms with Crippen molar-refractivity contribution in [2.24, 2.45) is 0 Å². The van der Waals surface area contributed by atoms with E-state index in [0.717, 1.165) is 19.6 Å². The second-order valence-corrected chi connectivity index (χ2v) is 7.17. The molecule has 0 fully saturated rings. The van der Waals surface area contributed by atoms with Gasteiger partial charge in [0.1, 0.15) is 0 Å². The zero-order valence-electron chi connectivity index (χ0n) is 13.7. The second-order valence-electron chi connectivity index (χ2n) is 6.64. The molecule has 1 atom stereocenters. The number of nitrogens with zero attached hydrogens (tertiary/aromatic N) is 1. The average molecular weight is 296 g/mol. The highest BCUT2D eigenvalue weighted by Gasteiger charge is 2.16. The van der Waals surface area contributed by atoms with Gasteiger partial charge in [0.15, 0.2) is 0 Å². The Morgan fingerprint density at radius 2 is 1.50 bits per heavy atom. The smallest absolute Gasteiger partial charge is 0.0712 e. The third-order valence-corrected chi connectivity index (χ3v) is 4.03. The van der Waals surface area contributed by atoms with E-state index in [1.54, 1.807) is 0 Å². The van der Waals surface area contributed by atoms with E-state index in [9.17, 15) is 0 Å². The standard InChI is InChI=1S/C18H30ClN/c1-6-12-20(13-7-2)14-17(19)15-8-10-16(11-9-15)18(3,4)5/h8-11,17H,6-7,12-14H2,1-5H3. The normalized spacial score (nSPS) is 13.8. The minimum absolute atomic E-state index is 0.0853. The van der Waals surface area contributed by atoms with Gasteiger partial charge in [-0.25, -0.2) is 0 Å². The van der Waals surface area contributed by atoms with E-state index in [4.69, 9.17) is 11.6 Å². The van der Waals surface area contributed by atoms with Gasteiger partial charge in [-0.3, -0.25) is 0 Å². The van der Waals surface area contributed by atoms with Crippen LogP contribution in [0.1, 0.15) is 64.0 Å². The first-order valence-corrected chi connectivity index (χ1v) is 8.29. The summed E-state index contributed by atoms with van der Waals surface area (Å²) in [5.41, 5.74) is 2.80. The van der Waals surface area contributed by atoms with Gasteiger partial charge >= 0.3 is 0 Å². The summed E-state index contributed by atoms with van der Waals surface area (Å²) in [6, 6.07) is 8.81. The Morgan fingerprint density at radius 3 is 1.90 bits per heavy atom. The Kier molecular flexibility index (Phi) is 7.05. The maximum atomic E-state index is 6.60. The van der Waals surface area contributed by atoms with E-state index in [0.29, 0.717) is 0 Å². The molecule has 0 aliphatic rings. The molecule has 0 radical (unpaired) electrons. The summed E-state index contributed by atoms with van der Waals surface area (Å²) in [7, 11) is 0. The number of rotatable bonds is 7. The molecular formula is C18H30ClN. The molecule has 0 bridgehead atoms. The maximum absolute atomic E-state index is 6.60. The molecule has 20 heavy (non-hydrogen) atoms. The number of hydrogen-bond donors (Lipinski definition) is 0. The van der Waals surface area contributed by atoms with Crippen molar-refractivity contribution in [1.29, 1.82) is 0 Å². The lowest BCUT2D eigenvalue weighted by atomic mass is 9.86. The van der Waals surface area contributed by atoms with Crippen molar-refractivity contribution >= 4 is 11.6 Å². The molecule has 0 heterocycles. The first-order chi connectivity index (χ1) is 9.38. The van der Waals surface area contributed by atoms with Crippen molar-refractivity contribution in [1.82, 2.24) is 4.90 Å². The predicted octanol–water partition coefficient (Wildman–Crippen LogP) is 5.39. The maximum Gasteiger partial charge on any atom is 0.0712 e. The Bertz CT molecular complexity index is 371. The fraction of sp³-hybridized carbons (Fsp3) is 0.667. The lowest BCUT2D eigenvalue weighted by molar-refractivity contribution is 0.275. The van der Waals surface area contributed by atoms with Crippen molar-refractivity contribution in [2.75, 3.05) is 19.6 Å². The van der Waals surface area contributed by atoms with Gasteiger partial charge in [-0.1, -0.05) is 58.9 Å². The fourth-order valence-corrected chi connectivity index (χ4v) is 2.79. The molecular weight excluding hydrogens is 266 g/mol. The van der Waals surface area contributed by atoms with Gasteiger partial charge in [0.25, 0.3) is 0 Å². The molecule has 0 aliphatic carbocycles. The topological polar surface area (TPSA) is 3.24 Å². The summed E-state index contributed by atoms with van der Waals surface area (Å²) in [4.78, 5) is 2.47. The van der Waals surface area contributed by atoms with E-state index in [2.05, 4.69) is 63.8 Å². The van der Waals surface area contributed by atoms with Crippen LogP contribution in [0.4, 0.5) is 0 Å². The second kappa shape index (κ2) is 8.05. The lowest BCUT2D eigenvalue weighted by Gasteiger charge is -2.24.